The molecule has 1 unspecified atom stereocenters. The van der Waals surface area contributed by atoms with Crippen molar-refractivity contribution in [1.29, 1.82) is 0 Å². The molecule has 0 aliphatic carbocycles. The molecule has 152 valence electrons. The summed E-state index contributed by atoms with van der Waals surface area (Å²) in [6.07, 6.45) is 0.482. The van der Waals surface area contributed by atoms with Gasteiger partial charge < -0.3 is 30.4 Å². The molecular formula is C17H23N5O6. The number of hydrogen-bond donors (Lipinski definition) is 5. The number of aryl methyl sites for hydroxylation is 1. The van der Waals surface area contributed by atoms with E-state index in [4.69, 9.17) is 10.5 Å². The van der Waals surface area contributed by atoms with Crippen LogP contribution >= 0.6 is 0 Å². The number of hydrogen-bond acceptors (Lipinski definition) is 10. The molecule has 5 atom stereocenters. The highest BCUT2D eigenvalue weighted by atomic mass is 16.5. The van der Waals surface area contributed by atoms with Crippen LogP contribution in [0, 0.1) is 6.92 Å². The zero-order valence-corrected chi connectivity index (χ0v) is 15.5. The number of carbonyl (C=O) groups excluding carboxylic acids is 2. The molecule has 11 heteroatoms. The fourth-order valence-corrected chi connectivity index (χ4v) is 3.26. The molecule has 1 fully saturated rings. The van der Waals surface area contributed by atoms with Crippen LogP contribution in [0.5, 0.6) is 0 Å². The van der Waals surface area contributed by atoms with E-state index in [9.17, 15) is 19.8 Å². The van der Waals surface area contributed by atoms with Crippen LogP contribution in [0.3, 0.4) is 0 Å². The Morgan fingerprint density at radius 2 is 2.07 bits per heavy atom. The molecule has 0 radical (unpaired) electrons. The fourth-order valence-electron chi connectivity index (χ4n) is 3.26. The third kappa shape index (κ3) is 3.83. The van der Waals surface area contributed by atoms with E-state index in [0.717, 1.165) is 11.2 Å². The van der Waals surface area contributed by atoms with E-state index < -0.39 is 42.3 Å². The van der Waals surface area contributed by atoms with Crippen LogP contribution in [0.25, 0.3) is 11.0 Å². The van der Waals surface area contributed by atoms with Crippen molar-refractivity contribution >= 4 is 23.0 Å². The van der Waals surface area contributed by atoms with Gasteiger partial charge in [-0.3, -0.25) is 14.9 Å². The maximum absolute atomic E-state index is 11.8. The van der Waals surface area contributed by atoms with Crippen molar-refractivity contribution in [3.05, 3.63) is 23.8 Å². The predicted octanol–water partition coefficient (Wildman–Crippen LogP) is -1.57. The third-order valence-corrected chi connectivity index (χ3v) is 4.83. The number of ether oxygens (including phenoxy) is 2. The van der Waals surface area contributed by atoms with Gasteiger partial charge in [0.15, 0.2) is 0 Å². The van der Waals surface area contributed by atoms with Crippen LogP contribution in [-0.2, 0) is 19.1 Å². The number of nitrogens with one attached hydrogen (secondary N) is 2. The molecule has 1 saturated heterocycles. The topological polar surface area (TPSA) is 173 Å². The Labute approximate surface area is 160 Å². The van der Waals surface area contributed by atoms with Crippen molar-refractivity contribution in [2.45, 2.75) is 43.7 Å². The number of H-pyrrole nitrogens is 1. The van der Waals surface area contributed by atoms with Crippen molar-refractivity contribution in [2.24, 2.45) is 5.73 Å². The van der Waals surface area contributed by atoms with Crippen molar-refractivity contribution in [1.82, 2.24) is 20.3 Å². The molecule has 3 heterocycles. The summed E-state index contributed by atoms with van der Waals surface area (Å²) in [5.41, 5.74) is 8.33. The number of rotatable bonds is 6. The van der Waals surface area contributed by atoms with E-state index in [2.05, 4.69) is 25.0 Å². The summed E-state index contributed by atoms with van der Waals surface area (Å²) in [4.78, 5) is 34.5. The molecule has 1 aliphatic rings. The standard InChI is InChI=1S/C17H23N5O6/c1-7-12-13(21-6-20-7)8(4-19-12)14-16(25)15(24)10(22-14)5-28-11(23)3-9(18)17(26)27-2/h4,6,9-10,14-16,19,22,24-25H,3,5,18H2,1-2H3/t9?,10-,14+,15-,16+/m1/s1. The first-order valence-corrected chi connectivity index (χ1v) is 8.73. The van der Waals surface area contributed by atoms with Gasteiger partial charge in [0.05, 0.1) is 42.3 Å². The van der Waals surface area contributed by atoms with Gasteiger partial charge in [-0.1, -0.05) is 0 Å². The Morgan fingerprint density at radius 3 is 2.79 bits per heavy atom. The number of aliphatic hydroxyl groups excluding tert-OH is 2. The highest BCUT2D eigenvalue weighted by Gasteiger charge is 2.43. The molecule has 0 aromatic carbocycles. The maximum atomic E-state index is 11.8. The minimum atomic E-state index is -1.17. The second-order valence-corrected chi connectivity index (χ2v) is 6.68. The molecule has 0 amide bonds. The first-order valence-electron chi connectivity index (χ1n) is 8.73. The maximum Gasteiger partial charge on any atom is 0.323 e. The fraction of sp³-hybridized carbons (Fsp3) is 0.529. The Bertz CT molecular complexity index is 871. The van der Waals surface area contributed by atoms with Crippen molar-refractivity contribution in [3.8, 4) is 0 Å². The summed E-state index contributed by atoms with van der Waals surface area (Å²) in [7, 11) is 1.17. The number of carbonyl (C=O) groups is 2. The minimum absolute atomic E-state index is 0.197. The van der Waals surface area contributed by atoms with Gasteiger partial charge in [0, 0.05) is 11.8 Å². The summed E-state index contributed by atoms with van der Waals surface area (Å²) < 4.78 is 9.54. The summed E-state index contributed by atoms with van der Waals surface area (Å²) in [5, 5.41) is 23.8. The smallest absolute Gasteiger partial charge is 0.323 e. The molecule has 3 rings (SSSR count). The predicted molar refractivity (Wildman–Crippen MR) is 95.9 cm³/mol. The quantitative estimate of drug-likeness (QED) is 0.361. The average Bonchev–Trinajstić information content (AvgIpc) is 3.22. The Hall–Kier alpha value is -2.60. The van der Waals surface area contributed by atoms with Gasteiger partial charge in [-0.05, 0) is 6.92 Å². The first kappa shape index (κ1) is 20.1. The van der Waals surface area contributed by atoms with Gasteiger partial charge in [0.2, 0.25) is 0 Å². The van der Waals surface area contributed by atoms with Gasteiger partial charge in [-0.25, -0.2) is 9.97 Å². The number of nitrogens with zero attached hydrogens (tertiary/aromatic N) is 2. The summed E-state index contributed by atoms with van der Waals surface area (Å²) in [6, 6.07) is -2.43. The van der Waals surface area contributed by atoms with Gasteiger partial charge >= 0.3 is 11.9 Å². The van der Waals surface area contributed by atoms with Crippen molar-refractivity contribution < 1.29 is 29.3 Å². The van der Waals surface area contributed by atoms with E-state index in [-0.39, 0.29) is 13.0 Å². The summed E-state index contributed by atoms with van der Waals surface area (Å²) >= 11 is 0. The molecule has 28 heavy (non-hydrogen) atoms. The molecule has 2 aromatic rings. The van der Waals surface area contributed by atoms with E-state index in [0.29, 0.717) is 11.1 Å². The van der Waals surface area contributed by atoms with E-state index >= 15 is 0 Å². The number of aliphatic hydroxyl groups is 2. The zero-order valence-electron chi connectivity index (χ0n) is 15.5. The van der Waals surface area contributed by atoms with Crippen LogP contribution in [-0.4, -0.2) is 75.1 Å². The van der Waals surface area contributed by atoms with Crippen molar-refractivity contribution in [3.63, 3.8) is 0 Å². The Balaban J connectivity index is 1.65. The number of esters is 2. The summed E-state index contributed by atoms with van der Waals surface area (Å²) in [5.74, 6) is -1.43. The number of aromatic amines is 1. The first-order chi connectivity index (χ1) is 13.3. The molecular weight excluding hydrogens is 370 g/mol. The van der Waals surface area contributed by atoms with E-state index in [1.54, 1.807) is 6.20 Å². The van der Waals surface area contributed by atoms with Crippen LogP contribution in [0.2, 0.25) is 0 Å². The summed E-state index contributed by atoms with van der Waals surface area (Å²) in [6.45, 7) is 1.64. The molecule has 2 aromatic heterocycles. The molecule has 6 N–H and O–H groups in total. The highest BCUT2D eigenvalue weighted by Crippen LogP contribution is 2.32. The molecule has 11 nitrogen and oxygen atoms in total. The normalized spacial score (nSPS) is 25.6. The number of nitrogens with two attached hydrogens (primary N) is 1. The minimum Gasteiger partial charge on any atom is -0.468 e. The van der Waals surface area contributed by atoms with Crippen molar-refractivity contribution in [2.75, 3.05) is 13.7 Å². The monoisotopic (exact) mass is 393 g/mol. The second kappa shape index (κ2) is 8.19. The molecule has 0 bridgehead atoms. The number of fused-ring (bicyclic) bond motifs is 1. The SMILES string of the molecule is COC(=O)C(N)CC(=O)OC[C@H]1N[C@@H](c2c[nH]c3c(C)ncnc23)[C@H](O)[C@@H]1O. The van der Waals surface area contributed by atoms with Gasteiger partial charge in [0.25, 0.3) is 0 Å². The van der Waals surface area contributed by atoms with Crippen LogP contribution in [0.15, 0.2) is 12.5 Å². The lowest BCUT2D eigenvalue weighted by atomic mass is 10.0. The van der Waals surface area contributed by atoms with E-state index in [1.807, 2.05) is 6.92 Å². The highest BCUT2D eigenvalue weighted by molar-refractivity contribution is 5.82. The van der Waals surface area contributed by atoms with Crippen LogP contribution in [0.4, 0.5) is 0 Å². The lowest BCUT2D eigenvalue weighted by Gasteiger charge is -2.16. The Morgan fingerprint density at radius 1 is 1.32 bits per heavy atom. The van der Waals surface area contributed by atoms with Crippen LogP contribution < -0.4 is 11.1 Å². The third-order valence-electron chi connectivity index (χ3n) is 4.83. The van der Waals surface area contributed by atoms with Gasteiger partial charge in [0.1, 0.15) is 31.2 Å². The number of methoxy groups -OCH3 is 1. The van der Waals surface area contributed by atoms with Gasteiger partial charge in [-0.2, -0.15) is 0 Å². The largest absolute Gasteiger partial charge is 0.468 e. The zero-order chi connectivity index (χ0) is 20.4. The van der Waals surface area contributed by atoms with E-state index in [1.165, 1.54) is 13.4 Å². The lowest BCUT2D eigenvalue weighted by molar-refractivity contribution is -0.151. The second-order valence-electron chi connectivity index (χ2n) is 6.68. The lowest BCUT2D eigenvalue weighted by Crippen LogP contribution is -2.39. The van der Waals surface area contributed by atoms with Crippen LogP contribution in [0.1, 0.15) is 23.7 Å². The molecule has 0 saturated carbocycles. The average molecular weight is 393 g/mol. The Kier molecular flexibility index (Phi) is 5.89. The molecule has 0 spiro atoms. The number of aromatic nitrogens is 3. The van der Waals surface area contributed by atoms with Gasteiger partial charge in [-0.15, -0.1) is 0 Å². The molecule has 1 aliphatic heterocycles.